The van der Waals surface area contributed by atoms with Crippen molar-refractivity contribution < 1.29 is 9.50 Å². The number of aromatic nitrogens is 2. The van der Waals surface area contributed by atoms with Gasteiger partial charge in [-0.25, -0.2) is 9.37 Å². The third-order valence-corrected chi connectivity index (χ3v) is 6.47. The number of halogens is 1. The van der Waals surface area contributed by atoms with E-state index in [1.165, 1.54) is 5.69 Å². The first kappa shape index (κ1) is 17.6. The molecule has 1 fully saturated rings. The van der Waals surface area contributed by atoms with Gasteiger partial charge >= 0.3 is 0 Å². The fourth-order valence-electron chi connectivity index (χ4n) is 4.79. The van der Waals surface area contributed by atoms with E-state index >= 15 is 0 Å². The molecular formula is C22H25FN4O. The second kappa shape index (κ2) is 6.57. The number of hydrogen-bond donors (Lipinski definition) is 2. The quantitative estimate of drug-likeness (QED) is 0.834. The number of hydrogen-bond acceptors (Lipinski definition) is 4. The number of aliphatic hydroxyl groups excluding tert-OH is 1. The summed E-state index contributed by atoms with van der Waals surface area (Å²) in [6.45, 7) is 3.28. The van der Waals surface area contributed by atoms with Gasteiger partial charge in [-0.2, -0.15) is 0 Å². The number of nitrogens with one attached hydrogen (secondary N) is 1. The number of fused-ring (bicyclic) bond motifs is 4. The Morgan fingerprint density at radius 1 is 1.29 bits per heavy atom. The molecule has 2 N–H and O–H groups in total. The lowest BCUT2D eigenvalue weighted by molar-refractivity contribution is -0.0470. The maximum absolute atomic E-state index is 14.0. The Morgan fingerprint density at radius 2 is 2.11 bits per heavy atom. The van der Waals surface area contributed by atoms with Crippen molar-refractivity contribution in [2.75, 3.05) is 18.4 Å². The fourth-order valence-corrected chi connectivity index (χ4v) is 4.79. The van der Waals surface area contributed by atoms with Crippen LogP contribution in [-0.2, 0) is 5.54 Å². The van der Waals surface area contributed by atoms with Crippen molar-refractivity contribution in [1.29, 1.82) is 0 Å². The molecule has 2 aromatic rings. The van der Waals surface area contributed by atoms with Crippen molar-refractivity contribution >= 4 is 5.69 Å². The summed E-state index contributed by atoms with van der Waals surface area (Å²) < 4.78 is 16.2. The number of allylic oxidation sites excluding steroid dienone is 3. The Morgan fingerprint density at radius 3 is 2.89 bits per heavy atom. The minimum Gasteiger partial charge on any atom is -0.378 e. The average Bonchev–Trinajstić information content (AvgIpc) is 3.22. The van der Waals surface area contributed by atoms with Crippen LogP contribution in [0, 0.1) is 5.92 Å². The molecule has 28 heavy (non-hydrogen) atoms. The van der Waals surface area contributed by atoms with E-state index in [2.05, 4.69) is 44.2 Å². The number of anilines is 1. The summed E-state index contributed by atoms with van der Waals surface area (Å²) >= 11 is 0. The summed E-state index contributed by atoms with van der Waals surface area (Å²) in [5.41, 5.74) is 2.76. The lowest BCUT2D eigenvalue weighted by Gasteiger charge is -2.47. The van der Waals surface area contributed by atoms with E-state index in [4.69, 9.17) is 0 Å². The summed E-state index contributed by atoms with van der Waals surface area (Å²) in [6, 6.07) is 8.24. The van der Waals surface area contributed by atoms with Gasteiger partial charge in [-0.3, -0.25) is 4.90 Å². The summed E-state index contributed by atoms with van der Waals surface area (Å²) in [5.74, 6) is 0.627. The van der Waals surface area contributed by atoms with E-state index in [-0.39, 0.29) is 23.7 Å². The van der Waals surface area contributed by atoms with Crippen LogP contribution < -0.4 is 5.32 Å². The third-order valence-electron chi connectivity index (χ3n) is 6.47. The smallest absolute Gasteiger partial charge is 0.160 e. The highest BCUT2D eigenvalue weighted by atomic mass is 19.1. The molecule has 0 amide bonds. The standard InChI is InChI=1S/C22H25FN4O/c1-15-6-7-16(14-17(15)23)21(28)26-12-8-22(9-13-26)19-5-3-11-27(19)20-18(25-22)4-2-10-24-20/h2-7,10-11,16,21,25,28H,8-9,12-14H2,1H3. The predicted molar refractivity (Wildman–Crippen MR) is 107 cm³/mol. The maximum atomic E-state index is 14.0. The Labute approximate surface area is 164 Å². The zero-order chi connectivity index (χ0) is 19.3. The van der Waals surface area contributed by atoms with Gasteiger partial charge in [0.2, 0.25) is 0 Å². The van der Waals surface area contributed by atoms with Crippen molar-refractivity contribution in [3.63, 3.8) is 0 Å². The molecule has 1 aliphatic carbocycles. The largest absolute Gasteiger partial charge is 0.378 e. The Bertz CT molecular complexity index is 955. The molecule has 1 saturated heterocycles. The van der Waals surface area contributed by atoms with Gasteiger partial charge in [0.05, 0.1) is 11.2 Å². The first-order chi connectivity index (χ1) is 13.6. The second-order valence-corrected chi connectivity index (χ2v) is 8.11. The molecule has 3 aliphatic rings. The van der Waals surface area contributed by atoms with Crippen LogP contribution in [0.3, 0.4) is 0 Å². The molecule has 2 atom stereocenters. The van der Waals surface area contributed by atoms with E-state index in [9.17, 15) is 9.50 Å². The van der Waals surface area contributed by atoms with Crippen LogP contribution in [0.15, 0.2) is 60.2 Å². The summed E-state index contributed by atoms with van der Waals surface area (Å²) in [7, 11) is 0. The van der Waals surface area contributed by atoms with Crippen LogP contribution in [0.4, 0.5) is 10.1 Å². The summed E-state index contributed by atoms with van der Waals surface area (Å²) in [5, 5.41) is 14.6. The van der Waals surface area contributed by atoms with E-state index in [0.717, 1.165) is 37.4 Å². The van der Waals surface area contributed by atoms with Crippen molar-refractivity contribution in [2.24, 2.45) is 5.92 Å². The van der Waals surface area contributed by atoms with Gasteiger partial charge in [0.25, 0.3) is 0 Å². The molecule has 2 unspecified atom stereocenters. The number of likely N-dealkylation sites (tertiary alicyclic amines) is 1. The average molecular weight is 380 g/mol. The molecule has 5 nitrogen and oxygen atoms in total. The highest BCUT2D eigenvalue weighted by molar-refractivity contribution is 5.63. The number of pyridine rings is 1. The molecule has 5 rings (SSSR count). The van der Waals surface area contributed by atoms with Crippen molar-refractivity contribution in [3.05, 3.63) is 65.9 Å². The Kier molecular flexibility index (Phi) is 4.14. The monoisotopic (exact) mass is 380 g/mol. The fraction of sp³-hybridized carbons (Fsp3) is 0.409. The maximum Gasteiger partial charge on any atom is 0.160 e. The molecule has 146 valence electrons. The minimum atomic E-state index is -0.656. The summed E-state index contributed by atoms with van der Waals surface area (Å²) in [6.07, 6.45) is 8.98. The topological polar surface area (TPSA) is 53.3 Å². The van der Waals surface area contributed by atoms with Crippen LogP contribution in [0.1, 0.15) is 31.9 Å². The molecule has 4 heterocycles. The van der Waals surface area contributed by atoms with Crippen LogP contribution >= 0.6 is 0 Å². The van der Waals surface area contributed by atoms with E-state index < -0.39 is 6.23 Å². The molecular weight excluding hydrogens is 355 g/mol. The Balaban J connectivity index is 1.35. The van der Waals surface area contributed by atoms with Crippen molar-refractivity contribution in [3.8, 4) is 5.82 Å². The SMILES string of the molecule is CC1=C(F)CC(C(O)N2CCC3(CC2)Nc2cccnc2-n2cccc23)C=C1. The molecule has 2 aliphatic heterocycles. The lowest BCUT2D eigenvalue weighted by Crippen LogP contribution is -2.53. The second-order valence-electron chi connectivity index (χ2n) is 8.11. The predicted octanol–water partition coefficient (Wildman–Crippen LogP) is 3.73. The zero-order valence-electron chi connectivity index (χ0n) is 16.0. The van der Waals surface area contributed by atoms with Gasteiger partial charge in [-0.15, -0.1) is 0 Å². The summed E-state index contributed by atoms with van der Waals surface area (Å²) in [4.78, 5) is 6.62. The number of rotatable bonds is 2. The van der Waals surface area contributed by atoms with E-state index in [0.29, 0.717) is 5.57 Å². The van der Waals surface area contributed by atoms with Gasteiger partial charge in [0.15, 0.2) is 5.82 Å². The zero-order valence-corrected chi connectivity index (χ0v) is 16.0. The van der Waals surface area contributed by atoms with Crippen LogP contribution in [0.5, 0.6) is 0 Å². The number of aliphatic hydroxyl groups is 1. The van der Waals surface area contributed by atoms with Gasteiger partial charge in [0.1, 0.15) is 12.1 Å². The van der Waals surface area contributed by atoms with E-state index in [1.54, 1.807) is 13.0 Å². The third kappa shape index (κ3) is 2.71. The molecule has 1 spiro atoms. The molecule has 6 heteroatoms. The molecule has 0 aromatic carbocycles. The van der Waals surface area contributed by atoms with Gasteiger partial charge < -0.3 is 15.0 Å². The normalized spacial score (nSPS) is 24.6. The van der Waals surface area contributed by atoms with Crippen LogP contribution in [-0.4, -0.2) is 38.9 Å². The van der Waals surface area contributed by atoms with Crippen LogP contribution in [0.2, 0.25) is 0 Å². The first-order valence-electron chi connectivity index (χ1n) is 9.94. The Hall–Kier alpha value is -2.44. The minimum absolute atomic E-state index is 0.115. The highest BCUT2D eigenvalue weighted by Crippen LogP contribution is 2.43. The van der Waals surface area contributed by atoms with Gasteiger partial charge in [-0.1, -0.05) is 12.2 Å². The molecule has 0 saturated carbocycles. The van der Waals surface area contributed by atoms with Gasteiger partial charge in [0, 0.05) is 43.5 Å². The number of nitrogens with zero attached hydrogens (tertiary/aromatic N) is 3. The molecule has 0 radical (unpaired) electrons. The highest BCUT2D eigenvalue weighted by Gasteiger charge is 2.43. The first-order valence-corrected chi connectivity index (χ1v) is 9.94. The van der Waals surface area contributed by atoms with Crippen molar-refractivity contribution in [1.82, 2.24) is 14.5 Å². The molecule has 2 aromatic heterocycles. The van der Waals surface area contributed by atoms with Crippen LogP contribution in [0.25, 0.3) is 5.82 Å². The van der Waals surface area contributed by atoms with Crippen molar-refractivity contribution in [2.45, 2.75) is 38.0 Å². The lowest BCUT2D eigenvalue weighted by atomic mass is 9.82. The molecule has 0 bridgehead atoms. The van der Waals surface area contributed by atoms with E-state index in [1.807, 2.05) is 18.3 Å². The number of piperidine rings is 1. The van der Waals surface area contributed by atoms with Gasteiger partial charge in [-0.05, 0) is 49.6 Å².